The van der Waals surface area contributed by atoms with Gasteiger partial charge in [-0.2, -0.15) is 0 Å². The fraction of sp³-hybridized carbons (Fsp3) is 0.435. The quantitative estimate of drug-likeness (QED) is 0.700. The van der Waals surface area contributed by atoms with Crippen molar-refractivity contribution in [1.82, 2.24) is 9.80 Å². The van der Waals surface area contributed by atoms with Gasteiger partial charge in [-0.25, -0.2) is 0 Å². The predicted molar refractivity (Wildman–Crippen MR) is 119 cm³/mol. The number of hydrogen-bond acceptors (Lipinski definition) is 3. The fourth-order valence-corrected chi connectivity index (χ4v) is 5.33. The van der Waals surface area contributed by atoms with Crippen LogP contribution in [-0.4, -0.2) is 46.0 Å². The van der Waals surface area contributed by atoms with Crippen molar-refractivity contribution in [1.29, 1.82) is 0 Å². The Hall–Kier alpha value is -1.40. The molecule has 0 aliphatic carbocycles. The van der Waals surface area contributed by atoms with Gasteiger partial charge in [0.1, 0.15) is 0 Å². The van der Waals surface area contributed by atoms with E-state index in [1.165, 1.54) is 5.56 Å². The molecule has 2 aromatic carbocycles. The number of carbonyl (C=O) groups excluding carboxylic acids is 1. The van der Waals surface area contributed by atoms with Crippen LogP contribution in [0.4, 0.5) is 0 Å². The summed E-state index contributed by atoms with van der Waals surface area (Å²) in [6.07, 6.45) is 1.25. The molecule has 1 amide bonds. The predicted octanol–water partition coefficient (Wildman–Crippen LogP) is 4.65. The lowest BCUT2D eigenvalue weighted by Crippen LogP contribution is -2.51. The summed E-state index contributed by atoms with van der Waals surface area (Å²) >= 11 is 9.57. The maximum absolute atomic E-state index is 13.5. The minimum atomic E-state index is -0.573. The van der Waals surface area contributed by atoms with Crippen LogP contribution >= 0.6 is 27.5 Å². The summed E-state index contributed by atoms with van der Waals surface area (Å²) < 4.78 is 1.04. The summed E-state index contributed by atoms with van der Waals surface area (Å²) in [5.41, 5.74) is 2.22. The van der Waals surface area contributed by atoms with Crippen molar-refractivity contribution in [3.8, 4) is 0 Å². The van der Waals surface area contributed by atoms with Gasteiger partial charge in [-0.1, -0.05) is 58.7 Å². The summed E-state index contributed by atoms with van der Waals surface area (Å²) in [5, 5.41) is 11.5. The molecule has 0 unspecified atom stereocenters. The molecule has 0 aromatic heterocycles. The number of benzene rings is 2. The van der Waals surface area contributed by atoms with Crippen molar-refractivity contribution in [3.05, 3.63) is 69.2 Å². The third-order valence-electron chi connectivity index (χ3n) is 6.12. The molecule has 0 saturated carbocycles. The Bertz CT molecular complexity index is 875. The first-order valence-electron chi connectivity index (χ1n) is 10.1. The molecule has 0 radical (unpaired) electrons. The number of aliphatic hydroxyl groups is 1. The molecule has 2 fully saturated rings. The van der Waals surface area contributed by atoms with Gasteiger partial charge in [0.05, 0.1) is 12.1 Å². The molecule has 2 aromatic rings. The highest BCUT2D eigenvalue weighted by Crippen LogP contribution is 2.41. The first-order valence-corrected chi connectivity index (χ1v) is 11.3. The maximum atomic E-state index is 13.5. The van der Waals surface area contributed by atoms with Crippen molar-refractivity contribution >= 4 is 33.4 Å². The molecule has 4 rings (SSSR count). The van der Waals surface area contributed by atoms with Crippen LogP contribution in [-0.2, 0) is 11.3 Å². The third-order valence-corrected chi connectivity index (χ3v) is 6.86. The SMILES string of the molecule is C[C@@H]1CC[C@H]2C(=O)N(Cc3ccc(Cl)cc3)C[C@@H](O)CN2[C@@H]1c1cccc(Br)c1. The van der Waals surface area contributed by atoms with E-state index in [0.717, 1.165) is 22.9 Å². The Morgan fingerprint density at radius 3 is 2.62 bits per heavy atom. The molecule has 4 atom stereocenters. The topological polar surface area (TPSA) is 43.8 Å². The standard InChI is InChI=1S/C23H26BrClN2O2/c1-15-5-10-21-23(29)26(12-16-6-8-19(25)9-7-16)13-20(28)14-27(21)22(15)17-3-2-4-18(24)11-17/h2-4,6-9,11,15,20-22,28H,5,10,12-14H2,1H3/t15-,20-,21+,22+/m1/s1. The first-order chi connectivity index (χ1) is 13.9. The van der Waals surface area contributed by atoms with Crippen LogP contribution in [0.15, 0.2) is 53.0 Å². The summed E-state index contributed by atoms with van der Waals surface area (Å²) in [6.45, 7) is 3.60. The van der Waals surface area contributed by atoms with Crippen molar-refractivity contribution in [3.63, 3.8) is 0 Å². The second-order valence-electron chi connectivity index (χ2n) is 8.27. The van der Waals surface area contributed by atoms with Gasteiger partial charge in [-0.15, -0.1) is 0 Å². The van der Waals surface area contributed by atoms with E-state index in [0.29, 0.717) is 30.6 Å². The van der Waals surface area contributed by atoms with Gasteiger partial charge in [0, 0.05) is 35.2 Å². The molecular formula is C23H26BrClN2O2. The summed E-state index contributed by atoms with van der Waals surface area (Å²) in [4.78, 5) is 17.5. The second kappa shape index (κ2) is 8.76. The number of hydrogen-bond donors (Lipinski definition) is 1. The number of fused-ring (bicyclic) bond motifs is 1. The molecule has 2 heterocycles. The van der Waals surface area contributed by atoms with Crippen molar-refractivity contribution in [2.45, 2.75) is 44.5 Å². The van der Waals surface area contributed by atoms with Gasteiger partial charge in [0.25, 0.3) is 0 Å². The number of nitrogens with zero attached hydrogens (tertiary/aromatic N) is 2. The zero-order chi connectivity index (χ0) is 20.5. The van der Waals surface area contributed by atoms with E-state index in [4.69, 9.17) is 11.6 Å². The van der Waals surface area contributed by atoms with Crippen molar-refractivity contribution in [2.24, 2.45) is 5.92 Å². The Kier molecular flexibility index (Phi) is 6.30. The summed E-state index contributed by atoms with van der Waals surface area (Å²) in [5.74, 6) is 0.534. The lowest BCUT2D eigenvalue weighted by Gasteiger charge is -2.44. The monoisotopic (exact) mass is 476 g/mol. The normalized spacial score (nSPS) is 28.1. The molecule has 2 aliphatic rings. The van der Waals surface area contributed by atoms with Gasteiger partial charge in [0.2, 0.25) is 5.91 Å². The maximum Gasteiger partial charge on any atom is 0.240 e. The second-order valence-corrected chi connectivity index (χ2v) is 9.62. The molecular weight excluding hydrogens is 452 g/mol. The Morgan fingerprint density at radius 1 is 1.14 bits per heavy atom. The van der Waals surface area contributed by atoms with Crippen LogP contribution in [0.1, 0.15) is 36.9 Å². The van der Waals surface area contributed by atoms with Gasteiger partial charge >= 0.3 is 0 Å². The highest BCUT2D eigenvalue weighted by Gasteiger charge is 2.44. The van der Waals surface area contributed by atoms with Crippen LogP contribution in [0.25, 0.3) is 0 Å². The van der Waals surface area contributed by atoms with Crippen LogP contribution in [0.5, 0.6) is 0 Å². The number of halogens is 2. The molecule has 4 nitrogen and oxygen atoms in total. The molecule has 6 heteroatoms. The van der Waals surface area contributed by atoms with Gasteiger partial charge < -0.3 is 10.0 Å². The molecule has 1 N–H and O–H groups in total. The minimum absolute atomic E-state index is 0.114. The highest BCUT2D eigenvalue weighted by molar-refractivity contribution is 9.10. The fourth-order valence-electron chi connectivity index (χ4n) is 4.79. The van der Waals surface area contributed by atoms with Crippen LogP contribution in [0.2, 0.25) is 5.02 Å². The average molecular weight is 478 g/mol. The average Bonchev–Trinajstić information content (AvgIpc) is 2.80. The minimum Gasteiger partial charge on any atom is -0.390 e. The van der Waals surface area contributed by atoms with E-state index in [9.17, 15) is 9.90 Å². The van der Waals surface area contributed by atoms with Crippen molar-refractivity contribution in [2.75, 3.05) is 13.1 Å². The molecule has 0 bridgehead atoms. The van der Waals surface area contributed by atoms with Crippen LogP contribution in [0.3, 0.4) is 0 Å². The van der Waals surface area contributed by atoms with Gasteiger partial charge in [-0.3, -0.25) is 9.69 Å². The molecule has 0 spiro atoms. The van der Waals surface area contributed by atoms with E-state index < -0.39 is 6.10 Å². The lowest BCUT2D eigenvalue weighted by atomic mass is 9.82. The van der Waals surface area contributed by atoms with Crippen molar-refractivity contribution < 1.29 is 9.90 Å². The molecule has 2 aliphatic heterocycles. The van der Waals surface area contributed by atoms with E-state index in [1.54, 1.807) is 0 Å². The Morgan fingerprint density at radius 2 is 1.90 bits per heavy atom. The van der Waals surface area contributed by atoms with Gasteiger partial charge in [0.15, 0.2) is 0 Å². The van der Waals surface area contributed by atoms with Crippen LogP contribution in [0, 0.1) is 5.92 Å². The smallest absolute Gasteiger partial charge is 0.240 e. The third kappa shape index (κ3) is 4.53. The molecule has 2 saturated heterocycles. The number of piperidine rings is 1. The summed E-state index contributed by atoms with van der Waals surface area (Å²) in [6, 6.07) is 15.8. The van der Waals surface area contributed by atoms with E-state index in [1.807, 2.05) is 41.3 Å². The largest absolute Gasteiger partial charge is 0.390 e. The number of aliphatic hydroxyl groups excluding tert-OH is 1. The zero-order valence-corrected chi connectivity index (χ0v) is 18.8. The Labute approximate surface area is 185 Å². The molecule has 29 heavy (non-hydrogen) atoms. The number of amides is 1. The summed E-state index contributed by atoms with van der Waals surface area (Å²) in [7, 11) is 0. The highest BCUT2D eigenvalue weighted by atomic mass is 79.9. The first kappa shape index (κ1) is 20.9. The van der Waals surface area contributed by atoms with Crippen LogP contribution < -0.4 is 0 Å². The number of β-amino-alcohol motifs (C(OH)–C–C–N with tert-alkyl or cyclic N) is 1. The van der Waals surface area contributed by atoms with E-state index >= 15 is 0 Å². The Balaban J connectivity index is 1.62. The van der Waals surface area contributed by atoms with E-state index in [-0.39, 0.29) is 18.0 Å². The molecule has 154 valence electrons. The van der Waals surface area contributed by atoms with E-state index in [2.05, 4.69) is 39.9 Å². The van der Waals surface area contributed by atoms with Gasteiger partial charge in [-0.05, 0) is 54.2 Å². The number of rotatable bonds is 3. The lowest BCUT2D eigenvalue weighted by molar-refractivity contribution is -0.139. The zero-order valence-electron chi connectivity index (χ0n) is 16.5. The number of carbonyl (C=O) groups is 1.